The largest absolute Gasteiger partial charge is 0.471 e. The predicted octanol–water partition coefficient (Wildman–Crippen LogP) is 3.27. The van der Waals surface area contributed by atoms with Crippen LogP contribution in [0.25, 0.3) is 17.0 Å². The Hall–Kier alpha value is -2.03. The summed E-state index contributed by atoms with van der Waals surface area (Å²) in [5.41, 5.74) is 1.93. The number of imidazole rings is 1. The van der Waals surface area contributed by atoms with E-state index < -0.39 is 12.1 Å². The Labute approximate surface area is 121 Å². The van der Waals surface area contributed by atoms with Crippen LogP contribution in [0.2, 0.25) is 0 Å². The first-order chi connectivity index (χ1) is 9.97. The second kappa shape index (κ2) is 5.06. The van der Waals surface area contributed by atoms with Gasteiger partial charge in [-0.3, -0.25) is 0 Å². The standard InChI is InChI=1S/C12H9F3N4OS/c1-21-6-8-5-19-3-2-7(4-9(19)16-8)10-17-11(20-18-10)12(13,14)15/h2-5H,6H2,1H3. The molecule has 0 fully saturated rings. The molecule has 3 rings (SSSR count). The van der Waals surface area contributed by atoms with Gasteiger partial charge in [-0.15, -0.1) is 0 Å². The monoisotopic (exact) mass is 314 g/mol. The molecule has 0 saturated heterocycles. The second-order valence-corrected chi connectivity index (χ2v) is 5.13. The topological polar surface area (TPSA) is 56.2 Å². The van der Waals surface area contributed by atoms with E-state index in [4.69, 9.17) is 0 Å². The molecule has 21 heavy (non-hydrogen) atoms. The molecule has 3 aromatic rings. The fourth-order valence-corrected chi connectivity index (χ4v) is 2.28. The highest BCUT2D eigenvalue weighted by molar-refractivity contribution is 7.97. The first kappa shape index (κ1) is 13.9. The summed E-state index contributed by atoms with van der Waals surface area (Å²) < 4.78 is 43.3. The van der Waals surface area contributed by atoms with E-state index >= 15 is 0 Å². The van der Waals surface area contributed by atoms with Crippen molar-refractivity contribution in [3.8, 4) is 11.4 Å². The van der Waals surface area contributed by atoms with Crippen molar-refractivity contribution in [1.29, 1.82) is 0 Å². The zero-order valence-electron chi connectivity index (χ0n) is 10.8. The van der Waals surface area contributed by atoms with Gasteiger partial charge in [0.05, 0.1) is 5.69 Å². The van der Waals surface area contributed by atoms with Crippen molar-refractivity contribution < 1.29 is 17.7 Å². The highest BCUT2D eigenvalue weighted by atomic mass is 32.2. The average molecular weight is 314 g/mol. The summed E-state index contributed by atoms with van der Waals surface area (Å²) in [5, 5.41) is 3.36. The predicted molar refractivity (Wildman–Crippen MR) is 70.7 cm³/mol. The smallest absolute Gasteiger partial charge is 0.329 e. The minimum atomic E-state index is -4.64. The second-order valence-electron chi connectivity index (χ2n) is 4.27. The molecule has 0 unspecified atom stereocenters. The third-order valence-corrected chi connectivity index (χ3v) is 3.31. The van der Waals surface area contributed by atoms with Crippen LogP contribution in [0.15, 0.2) is 29.0 Å². The molecule has 0 radical (unpaired) electrons. The van der Waals surface area contributed by atoms with Gasteiger partial charge in [0.15, 0.2) is 0 Å². The maximum Gasteiger partial charge on any atom is 0.471 e. The van der Waals surface area contributed by atoms with E-state index in [9.17, 15) is 13.2 Å². The summed E-state index contributed by atoms with van der Waals surface area (Å²) >= 11 is 1.64. The molecule has 3 heterocycles. The van der Waals surface area contributed by atoms with Crippen molar-refractivity contribution in [2.75, 3.05) is 6.26 Å². The van der Waals surface area contributed by atoms with E-state index in [1.807, 2.05) is 12.5 Å². The molecule has 0 bridgehead atoms. The maximum absolute atomic E-state index is 12.4. The summed E-state index contributed by atoms with van der Waals surface area (Å²) in [5.74, 6) is -0.708. The van der Waals surface area contributed by atoms with E-state index in [-0.39, 0.29) is 5.82 Å². The number of rotatable bonds is 3. The number of halogens is 3. The van der Waals surface area contributed by atoms with Gasteiger partial charge in [-0.25, -0.2) is 4.98 Å². The van der Waals surface area contributed by atoms with Gasteiger partial charge in [-0.2, -0.15) is 29.9 Å². The minimum absolute atomic E-state index is 0.112. The Kier molecular flexibility index (Phi) is 3.36. The lowest BCUT2D eigenvalue weighted by molar-refractivity contribution is -0.159. The fourth-order valence-electron chi connectivity index (χ4n) is 1.85. The fraction of sp³-hybridized carbons (Fsp3) is 0.250. The molecule has 0 amide bonds. The van der Waals surface area contributed by atoms with Gasteiger partial charge in [0.2, 0.25) is 5.82 Å². The molecule has 110 valence electrons. The van der Waals surface area contributed by atoms with Gasteiger partial charge in [0.1, 0.15) is 5.65 Å². The van der Waals surface area contributed by atoms with Crippen molar-refractivity contribution >= 4 is 17.4 Å². The first-order valence-corrected chi connectivity index (χ1v) is 7.24. The Morgan fingerprint density at radius 1 is 1.33 bits per heavy atom. The Morgan fingerprint density at radius 3 is 2.81 bits per heavy atom. The third kappa shape index (κ3) is 2.73. The number of hydrogen-bond acceptors (Lipinski definition) is 5. The normalized spacial score (nSPS) is 12.2. The molecule has 5 nitrogen and oxygen atoms in total. The molecule has 0 N–H and O–H groups in total. The highest BCUT2D eigenvalue weighted by Gasteiger charge is 2.38. The van der Waals surface area contributed by atoms with Gasteiger partial charge in [0, 0.05) is 23.7 Å². The van der Waals surface area contributed by atoms with Crippen molar-refractivity contribution in [3.05, 3.63) is 36.1 Å². The van der Waals surface area contributed by atoms with Crippen LogP contribution in [-0.4, -0.2) is 25.8 Å². The zero-order chi connectivity index (χ0) is 15.0. The lowest BCUT2D eigenvalue weighted by atomic mass is 10.2. The number of alkyl halides is 3. The van der Waals surface area contributed by atoms with Crippen LogP contribution >= 0.6 is 11.8 Å². The lowest BCUT2D eigenvalue weighted by Crippen LogP contribution is -2.04. The van der Waals surface area contributed by atoms with Gasteiger partial charge >= 0.3 is 12.1 Å². The SMILES string of the molecule is CSCc1cn2ccc(-c3noc(C(F)(F)F)n3)cc2n1. The molecule has 0 spiro atoms. The van der Waals surface area contributed by atoms with Gasteiger partial charge in [-0.1, -0.05) is 5.16 Å². The van der Waals surface area contributed by atoms with Crippen molar-refractivity contribution in [3.63, 3.8) is 0 Å². The van der Waals surface area contributed by atoms with Crippen LogP contribution in [0.5, 0.6) is 0 Å². The van der Waals surface area contributed by atoms with E-state index in [1.54, 1.807) is 34.5 Å². The van der Waals surface area contributed by atoms with Crippen LogP contribution in [0.1, 0.15) is 11.6 Å². The third-order valence-electron chi connectivity index (χ3n) is 2.73. The van der Waals surface area contributed by atoms with Crippen molar-refractivity contribution in [2.24, 2.45) is 0 Å². The quantitative estimate of drug-likeness (QED) is 0.742. The molecule has 0 atom stereocenters. The Bertz CT molecular complexity index is 780. The Morgan fingerprint density at radius 2 is 2.14 bits per heavy atom. The molecule has 0 aliphatic heterocycles. The average Bonchev–Trinajstić information content (AvgIpc) is 3.03. The number of aromatic nitrogens is 4. The highest BCUT2D eigenvalue weighted by Crippen LogP contribution is 2.29. The zero-order valence-corrected chi connectivity index (χ0v) is 11.6. The number of pyridine rings is 1. The number of nitrogens with zero attached hydrogens (tertiary/aromatic N) is 4. The van der Waals surface area contributed by atoms with Crippen LogP contribution in [0.4, 0.5) is 13.2 Å². The lowest BCUT2D eigenvalue weighted by Gasteiger charge is -1.97. The number of fused-ring (bicyclic) bond motifs is 1. The van der Waals surface area contributed by atoms with Crippen LogP contribution in [-0.2, 0) is 11.9 Å². The van der Waals surface area contributed by atoms with E-state index in [1.165, 1.54) is 0 Å². The molecule has 3 aromatic heterocycles. The van der Waals surface area contributed by atoms with E-state index in [0.29, 0.717) is 11.2 Å². The molecule has 9 heteroatoms. The van der Waals surface area contributed by atoms with Crippen LogP contribution in [0, 0.1) is 0 Å². The summed E-state index contributed by atoms with van der Waals surface area (Å²) in [7, 11) is 0. The molecule has 0 aliphatic rings. The summed E-state index contributed by atoms with van der Waals surface area (Å²) in [6.07, 6.45) is 0.889. The van der Waals surface area contributed by atoms with Crippen molar-refractivity contribution in [1.82, 2.24) is 19.5 Å². The molecular formula is C12H9F3N4OS. The van der Waals surface area contributed by atoms with Crippen molar-refractivity contribution in [2.45, 2.75) is 11.9 Å². The summed E-state index contributed by atoms with van der Waals surface area (Å²) in [6.45, 7) is 0. The Balaban J connectivity index is 1.98. The van der Waals surface area contributed by atoms with Crippen LogP contribution < -0.4 is 0 Å². The molecule has 0 saturated carbocycles. The van der Waals surface area contributed by atoms with E-state index in [0.717, 1.165) is 11.4 Å². The first-order valence-electron chi connectivity index (χ1n) is 5.85. The number of thioether (sulfide) groups is 1. The maximum atomic E-state index is 12.4. The van der Waals surface area contributed by atoms with Gasteiger partial charge in [-0.05, 0) is 18.4 Å². The number of hydrogen-bond donors (Lipinski definition) is 0. The summed E-state index contributed by atoms with van der Waals surface area (Å²) in [6, 6.07) is 3.23. The van der Waals surface area contributed by atoms with Gasteiger partial charge < -0.3 is 8.92 Å². The molecular weight excluding hydrogens is 305 g/mol. The molecule has 0 aliphatic carbocycles. The molecule has 0 aromatic carbocycles. The summed E-state index contributed by atoms with van der Waals surface area (Å²) in [4.78, 5) is 7.74. The van der Waals surface area contributed by atoms with E-state index in [2.05, 4.69) is 19.6 Å². The van der Waals surface area contributed by atoms with Gasteiger partial charge in [0.25, 0.3) is 0 Å². The van der Waals surface area contributed by atoms with Crippen LogP contribution in [0.3, 0.4) is 0 Å². The minimum Gasteiger partial charge on any atom is -0.329 e.